The molecule has 1 aliphatic rings. The highest BCUT2D eigenvalue weighted by Crippen LogP contribution is 2.29. The molecule has 0 unspecified atom stereocenters. The van der Waals surface area contributed by atoms with Crippen molar-refractivity contribution in [1.29, 1.82) is 0 Å². The molecule has 21 heavy (non-hydrogen) atoms. The molecule has 7 nitrogen and oxygen atoms in total. The molecule has 2 N–H and O–H groups in total. The second kappa shape index (κ2) is 6.50. The topological polar surface area (TPSA) is 84.7 Å². The van der Waals surface area contributed by atoms with Gasteiger partial charge in [-0.15, -0.1) is 22.6 Å². The van der Waals surface area contributed by atoms with Crippen LogP contribution in [-0.2, 0) is 11.8 Å². The van der Waals surface area contributed by atoms with Gasteiger partial charge in [0.2, 0.25) is 11.0 Å². The van der Waals surface area contributed by atoms with Crippen LogP contribution in [0.15, 0.2) is 12.4 Å². The van der Waals surface area contributed by atoms with Crippen molar-refractivity contribution >= 4 is 34.8 Å². The average Bonchev–Trinajstić information content (AvgIpc) is 3.09. The van der Waals surface area contributed by atoms with E-state index in [1.165, 1.54) is 11.3 Å². The van der Waals surface area contributed by atoms with Gasteiger partial charge in [0.15, 0.2) is 0 Å². The maximum absolute atomic E-state index is 12.4. The van der Waals surface area contributed by atoms with Gasteiger partial charge in [-0.2, -0.15) is 5.10 Å². The Hall–Kier alpha value is -1.51. The summed E-state index contributed by atoms with van der Waals surface area (Å²) in [4.78, 5) is 12.4. The van der Waals surface area contributed by atoms with Crippen molar-refractivity contribution in [2.24, 2.45) is 13.0 Å². The van der Waals surface area contributed by atoms with Crippen molar-refractivity contribution in [2.45, 2.75) is 12.8 Å². The zero-order valence-corrected chi connectivity index (χ0v) is 13.4. The first kappa shape index (κ1) is 15.9. The van der Waals surface area contributed by atoms with Gasteiger partial charge in [-0.1, -0.05) is 11.3 Å². The number of aromatic nitrogens is 4. The van der Waals surface area contributed by atoms with Gasteiger partial charge in [0.25, 0.3) is 0 Å². The molecule has 2 aromatic rings. The number of hydrogen-bond donors (Lipinski definition) is 2. The number of rotatable bonds is 3. The molecule has 114 valence electrons. The van der Waals surface area contributed by atoms with Crippen molar-refractivity contribution in [2.75, 3.05) is 18.4 Å². The van der Waals surface area contributed by atoms with Gasteiger partial charge in [-0.05, 0) is 12.5 Å². The highest BCUT2D eigenvalue weighted by atomic mass is 35.5. The molecule has 9 heteroatoms. The van der Waals surface area contributed by atoms with Crippen molar-refractivity contribution in [1.82, 2.24) is 25.3 Å². The summed E-state index contributed by atoms with van der Waals surface area (Å²) < 4.78 is 1.76. The van der Waals surface area contributed by atoms with Crippen molar-refractivity contribution in [3.63, 3.8) is 0 Å². The SMILES string of the molecule is Cc1nnc(NC(=O)[C@H]2CNC[C@@H]2c2cnn(C)c2)s1.Cl. The lowest BCUT2D eigenvalue weighted by Gasteiger charge is -2.15. The molecule has 0 spiro atoms. The molecule has 2 atom stereocenters. The van der Waals surface area contributed by atoms with E-state index in [0.717, 1.165) is 17.1 Å². The normalized spacial score (nSPS) is 21.0. The zero-order chi connectivity index (χ0) is 14.1. The monoisotopic (exact) mass is 328 g/mol. The predicted octanol–water partition coefficient (Wildman–Crippen LogP) is 0.944. The van der Waals surface area contributed by atoms with Crippen LogP contribution in [0, 0.1) is 12.8 Å². The van der Waals surface area contributed by atoms with Gasteiger partial charge < -0.3 is 10.6 Å². The number of halogens is 1. The lowest BCUT2D eigenvalue weighted by molar-refractivity contribution is -0.119. The molecule has 1 amide bonds. The summed E-state index contributed by atoms with van der Waals surface area (Å²) in [5, 5.41) is 19.5. The van der Waals surface area contributed by atoms with Crippen LogP contribution in [0.25, 0.3) is 0 Å². The number of anilines is 1. The van der Waals surface area contributed by atoms with E-state index in [1.54, 1.807) is 4.68 Å². The Labute approximate surface area is 132 Å². The molecular formula is C12H17ClN6OS. The number of carbonyl (C=O) groups is 1. The highest BCUT2D eigenvalue weighted by Gasteiger charge is 2.35. The fraction of sp³-hybridized carbons (Fsp3) is 0.500. The Morgan fingerprint density at radius 3 is 2.90 bits per heavy atom. The first-order valence-electron chi connectivity index (χ1n) is 6.43. The number of hydrogen-bond acceptors (Lipinski definition) is 6. The molecule has 0 bridgehead atoms. The summed E-state index contributed by atoms with van der Waals surface area (Å²) >= 11 is 1.38. The molecule has 1 saturated heterocycles. The number of amides is 1. The minimum Gasteiger partial charge on any atom is -0.315 e. The van der Waals surface area contributed by atoms with Gasteiger partial charge in [-0.25, -0.2) is 0 Å². The summed E-state index contributed by atoms with van der Waals surface area (Å²) in [6.45, 7) is 3.32. The van der Waals surface area contributed by atoms with E-state index >= 15 is 0 Å². The van der Waals surface area contributed by atoms with E-state index in [0.29, 0.717) is 11.7 Å². The summed E-state index contributed by atoms with van der Waals surface area (Å²) in [5.41, 5.74) is 1.09. The smallest absolute Gasteiger partial charge is 0.231 e. The minimum absolute atomic E-state index is 0. The Morgan fingerprint density at radius 2 is 2.29 bits per heavy atom. The maximum atomic E-state index is 12.4. The van der Waals surface area contributed by atoms with Gasteiger partial charge in [0.1, 0.15) is 5.01 Å². The van der Waals surface area contributed by atoms with Crippen LogP contribution in [0.4, 0.5) is 5.13 Å². The molecule has 1 aliphatic heterocycles. The lowest BCUT2D eigenvalue weighted by Crippen LogP contribution is -2.28. The van der Waals surface area contributed by atoms with Crippen molar-refractivity contribution < 1.29 is 4.79 Å². The molecule has 3 rings (SSSR count). The third-order valence-electron chi connectivity index (χ3n) is 3.46. The first-order chi connectivity index (χ1) is 9.63. The molecule has 0 aliphatic carbocycles. The van der Waals surface area contributed by atoms with E-state index in [-0.39, 0.29) is 30.2 Å². The highest BCUT2D eigenvalue weighted by molar-refractivity contribution is 7.15. The van der Waals surface area contributed by atoms with Gasteiger partial charge >= 0.3 is 0 Å². The van der Waals surface area contributed by atoms with Crippen LogP contribution in [-0.4, -0.2) is 39.0 Å². The Balaban J connectivity index is 0.00000161. The molecule has 2 aromatic heterocycles. The second-order valence-electron chi connectivity index (χ2n) is 4.93. The lowest BCUT2D eigenvalue weighted by atomic mass is 9.90. The largest absolute Gasteiger partial charge is 0.315 e. The number of nitrogens with zero attached hydrogens (tertiary/aromatic N) is 4. The molecule has 0 saturated carbocycles. The van der Waals surface area contributed by atoms with Gasteiger partial charge in [-0.3, -0.25) is 9.48 Å². The quantitative estimate of drug-likeness (QED) is 0.876. The van der Waals surface area contributed by atoms with Crippen molar-refractivity contribution in [3.05, 3.63) is 23.0 Å². The molecule has 3 heterocycles. The third-order valence-corrected chi connectivity index (χ3v) is 4.21. The Bertz CT molecular complexity index is 627. The van der Waals surface area contributed by atoms with Crippen LogP contribution in [0.3, 0.4) is 0 Å². The summed E-state index contributed by atoms with van der Waals surface area (Å²) in [6, 6.07) is 0. The second-order valence-corrected chi connectivity index (χ2v) is 6.12. The maximum Gasteiger partial charge on any atom is 0.231 e. The fourth-order valence-electron chi connectivity index (χ4n) is 2.48. The number of nitrogens with one attached hydrogen (secondary N) is 2. The molecular weight excluding hydrogens is 312 g/mol. The van der Waals surface area contributed by atoms with E-state index in [1.807, 2.05) is 26.4 Å². The number of aryl methyl sites for hydroxylation is 2. The van der Waals surface area contributed by atoms with Crippen LogP contribution in [0.2, 0.25) is 0 Å². The van der Waals surface area contributed by atoms with Crippen LogP contribution in [0.1, 0.15) is 16.5 Å². The summed E-state index contributed by atoms with van der Waals surface area (Å²) in [7, 11) is 1.88. The molecule has 0 aromatic carbocycles. The van der Waals surface area contributed by atoms with Crippen molar-refractivity contribution in [3.8, 4) is 0 Å². The molecule has 1 fully saturated rings. The van der Waals surface area contributed by atoms with Crippen LogP contribution in [0.5, 0.6) is 0 Å². The standard InChI is InChI=1S/C12H16N6OS.ClH/c1-7-16-17-12(20-7)15-11(19)10-5-13-4-9(10)8-3-14-18(2)6-8;/h3,6,9-10,13H,4-5H2,1-2H3,(H,15,17,19);1H/t9-,10+;/m1./s1. The Kier molecular flexibility index (Phi) is 4.92. The third kappa shape index (κ3) is 3.39. The van der Waals surface area contributed by atoms with E-state index in [9.17, 15) is 4.79 Å². The fourth-order valence-corrected chi connectivity index (χ4v) is 3.08. The van der Waals surface area contributed by atoms with Gasteiger partial charge in [0.05, 0.1) is 12.1 Å². The zero-order valence-electron chi connectivity index (χ0n) is 11.7. The summed E-state index contributed by atoms with van der Waals surface area (Å²) in [6.07, 6.45) is 3.79. The summed E-state index contributed by atoms with van der Waals surface area (Å²) in [5.74, 6) is 0.0288. The number of carbonyl (C=O) groups excluding carboxylic acids is 1. The Morgan fingerprint density at radius 1 is 1.48 bits per heavy atom. The molecule has 0 radical (unpaired) electrons. The van der Waals surface area contributed by atoms with E-state index in [4.69, 9.17) is 0 Å². The predicted molar refractivity (Wildman–Crippen MR) is 82.8 cm³/mol. The van der Waals surface area contributed by atoms with Gasteiger partial charge in [0, 0.05) is 32.3 Å². The average molecular weight is 329 g/mol. The van der Waals surface area contributed by atoms with E-state index < -0.39 is 0 Å². The van der Waals surface area contributed by atoms with Crippen LogP contribution >= 0.6 is 23.7 Å². The van der Waals surface area contributed by atoms with E-state index in [2.05, 4.69) is 25.9 Å². The van der Waals surface area contributed by atoms with Crippen LogP contribution < -0.4 is 10.6 Å². The minimum atomic E-state index is -0.108. The first-order valence-corrected chi connectivity index (χ1v) is 7.25.